The molecule has 2 fully saturated rings. The molecular formula is C14H25F3N2. The number of nitrogens with zero attached hydrogens (tertiary/aromatic N) is 1. The lowest BCUT2D eigenvalue weighted by atomic mass is 9.90. The lowest BCUT2D eigenvalue weighted by Crippen LogP contribution is -2.64. The van der Waals surface area contributed by atoms with Gasteiger partial charge in [0.15, 0.2) is 0 Å². The summed E-state index contributed by atoms with van der Waals surface area (Å²) in [5.41, 5.74) is -0.0429. The minimum absolute atomic E-state index is 0.0212. The molecule has 1 aliphatic carbocycles. The van der Waals surface area contributed by atoms with Gasteiger partial charge in [-0.25, -0.2) is 0 Å². The number of nitrogens with one attached hydrogen (secondary N) is 1. The van der Waals surface area contributed by atoms with Crippen molar-refractivity contribution in [1.29, 1.82) is 0 Å². The van der Waals surface area contributed by atoms with Gasteiger partial charge in [0.05, 0.1) is 6.54 Å². The maximum atomic E-state index is 12.8. The molecule has 0 aromatic heterocycles. The predicted octanol–water partition coefficient (Wildman–Crippen LogP) is 3.18. The molecule has 0 aromatic rings. The van der Waals surface area contributed by atoms with Crippen LogP contribution in [0.4, 0.5) is 13.2 Å². The van der Waals surface area contributed by atoms with Gasteiger partial charge >= 0.3 is 6.18 Å². The van der Waals surface area contributed by atoms with Gasteiger partial charge in [0.1, 0.15) is 0 Å². The van der Waals surface area contributed by atoms with Crippen molar-refractivity contribution in [3.8, 4) is 0 Å². The van der Waals surface area contributed by atoms with Gasteiger partial charge in [-0.05, 0) is 25.2 Å². The number of halogens is 3. The monoisotopic (exact) mass is 278 g/mol. The first kappa shape index (κ1) is 15.1. The van der Waals surface area contributed by atoms with E-state index in [-0.39, 0.29) is 11.6 Å². The van der Waals surface area contributed by atoms with Crippen molar-refractivity contribution >= 4 is 0 Å². The van der Waals surface area contributed by atoms with E-state index in [9.17, 15) is 13.2 Å². The van der Waals surface area contributed by atoms with Crippen LogP contribution in [0.15, 0.2) is 0 Å². The molecule has 1 saturated heterocycles. The van der Waals surface area contributed by atoms with Crippen molar-refractivity contribution in [2.45, 2.75) is 63.7 Å². The summed E-state index contributed by atoms with van der Waals surface area (Å²) in [7, 11) is 0. The second kappa shape index (κ2) is 5.60. The van der Waals surface area contributed by atoms with Crippen LogP contribution in [0.3, 0.4) is 0 Å². The molecule has 0 amide bonds. The minimum Gasteiger partial charge on any atom is -0.308 e. The fourth-order valence-electron chi connectivity index (χ4n) is 3.62. The standard InChI is InChI=1S/C14H25F3N2/c1-11(2)7-12-8-18-13(5-3-4-6-13)9-19(12)10-14(15,16)17/h11-12,18H,3-10H2,1-2H3. The van der Waals surface area contributed by atoms with Crippen LogP contribution in [0, 0.1) is 5.92 Å². The zero-order valence-electron chi connectivity index (χ0n) is 11.9. The number of hydrogen-bond acceptors (Lipinski definition) is 2. The van der Waals surface area contributed by atoms with Crippen LogP contribution < -0.4 is 5.32 Å². The maximum Gasteiger partial charge on any atom is 0.401 e. The molecule has 1 spiro atoms. The molecule has 5 heteroatoms. The average Bonchev–Trinajstić information content (AvgIpc) is 2.68. The number of hydrogen-bond donors (Lipinski definition) is 1. The number of rotatable bonds is 3. The summed E-state index contributed by atoms with van der Waals surface area (Å²) < 4.78 is 38.3. The van der Waals surface area contributed by atoms with Gasteiger partial charge in [-0.1, -0.05) is 26.7 Å². The SMILES string of the molecule is CC(C)CC1CNC2(CCCC2)CN1CC(F)(F)F. The van der Waals surface area contributed by atoms with E-state index >= 15 is 0 Å². The first-order valence-electron chi connectivity index (χ1n) is 7.35. The topological polar surface area (TPSA) is 15.3 Å². The second-order valence-electron chi connectivity index (χ2n) is 6.67. The molecule has 1 heterocycles. The Morgan fingerprint density at radius 1 is 1.26 bits per heavy atom. The summed E-state index contributed by atoms with van der Waals surface area (Å²) >= 11 is 0. The van der Waals surface area contributed by atoms with E-state index in [1.54, 1.807) is 4.90 Å². The molecule has 2 aliphatic rings. The molecule has 19 heavy (non-hydrogen) atoms. The van der Waals surface area contributed by atoms with Gasteiger partial charge in [-0.3, -0.25) is 4.90 Å². The lowest BCUT2D eigenvalue weighted by Gasteiger charge is -2.47. The normalized spacial score (nSPS) is 28.4. The van der Waals surface area contributed by atoms with E-state index in [4.69, 9.17) is 0 Å². The van der Waals surface area contributed by atoms with Crippen LogP contribution in [-0.4, -0.2) is 42.3 Å². The van der Waals surface area contributed by atoms with Crippen molar-refractivity contribution in [1.82, 2.24) is 10.2 Å². The Morgan fingerprint density at radius 3 is 2.42 bits per heavy atom. The van der Waals surface area contributed by atoms with Crippen molar-refractivity contribution in [2.75, 3.05) is 19.6 Å². The molecule has 2 rings (SSSR count). The van der Waals surface area contributed by atoms with Crippen LogP contribution >= 0.6 is 0 Å². The summed E-state index contributed by atoms with van der Waals surface area (Å²) in [4.78, 5) is 1.68. The number of alkyl halides is 3. The smallest absolute Gasteiger partial charge is 0.308 e. The summed E-state index contributed by atoms with van der Waals surface area (Å²) in [5, 5.41) is 3.56. The van der Waals surface area contributed by atoms with E-state index < -0.39 is 12.7 Å². The van der Waals surface area contributed by atoms with Crippen LogP contribution in [0.25, 0.3) is 0 Å². The second-order valence-corrected chi connectivity index (χ2v) is 6.67. The Balaban J connectivity index is 2.04. The first-order chi connectivity index (χ1) is 8.80. The van der Waals surface area contributed by atoms with Gasteiger partial charge in [0, 0.05) is 24.7 Å². The van der Waals surface area contributed by atoms with Crippen LogP contribution in [-0.2, 0) is 0 Å². The Labute approximate surface area is 113 Å². The zero-order valence-corrected chi connectivity index (χ0v) is 11.9. The molecule has 1 saturated carbocycles. The van der Waals surface area contributed by atoms with Crippen LogP contribution in [0.5, 0.6) is 0 Å². The summed E-state index contributed by atoms with van der Waals surface area (Å²) in [6.45, 7) is 4.66. The quantitative estimate of drug-likeness (QED) is 0.853. The Morgan fingerprint density at radius 2 is 1.89 bits per heavy atom. The largest absolute Gasteiger partial charge is 0.401 e. The van der Waals surface area contributed by atoms with E-state index in [2.05, 4.69) is 19.2 Å². The molecule has 0 bridgehead atoms. The molecule has 1 aliphatic heterocycles. The first-order valence-corrected chi connectivity index (χ1v) is 7.35. The van der Waals surface area contributed by atoms with E-state index in [0.717, 1.165) is 32.1 Å². The fraction of sp³-hybridized carbons (Fsp3) is 1.00. The third-order valence-electron chi connectivity index (χ3n) is 4.42. The van der Waals surface area contributed by atoms with Crippen LogP contribution in [0.1, 0.15) is 46.0 Å². The summed E-state index contributed by atoms with van der Waals surface area (Å²) in [5.74, 6) is 0.431. The third-order valence-corrected chi connectivity index (χ3v) is 4.42. The van der Waals surface area contributed by atoms with E-state index in [1.165, 1.54) is 0 Å². The highest BCUT2D eigenvalue weighted by Crippen LogP contribution is 2.35. The molecule has 1 N–H and O–H groups in total. The van der Waals surface area contributed by atoms with Crippen molar-refractivity contribution < 1.29 is 13.2 Å². The van der Waals surface area contributed by atoms with Gasteiger partial charge < -0.3 is 5.32 Å². The van der Waals surface area contributed by atoms with E-state index in [0.29, 0.717) is 19.0 Å². The minimum atomic E-state index is -4.09. The zero-order chi connectivity index (χ0) is 14.1. The van der Waals surface area contributed by atoms with Crippen molar-refractivity contribution in [3.05, 3.63) is 0 Å². The fourth-order valence-corrected chi connectivity index (χ4v) is 3.62. The molecule has 1 unspecified atom stereocenters. The van der Waals surface area contributed by atoms with Crippen molar-refractivity contribution in [2.24, 2.45) is 5.92 Å². The highest BCUT2D eigenvalue weighted by molar-refractivity contribution is 5.01. The number of piperazine rings is 1. The molecule has 0 aromatic carbocycles. The molecular weight excluding hydrogens is 253 g/mol. The summed E-state index contributed by atoms with van der Waals surface area (Å²) in [6.07, 6.45) is 1.07. The van der Waals surface area contributed by atoms with Gasteiger partial charge in [-0.2, -0.15) is 13.2 Å². The molecule has 1 atom stereocenters. The maximum absolute atomic E-state index is 12.8. The summed E-state index contributed by atoms with van der Waals surface area (Å²) in [6, 6.07) is 0.0212. The third kappa shape index (κ3) is 4.09. The van der Waals surface area contributed by atoms with Gasteiger partial charge in [-0.15, -0.1) is 0 Å². The molecule has 112 valence electrons. The predicted molar refractivity (Wildman–Crippen MR) is 70.1 cm³/mol. The highest BCUT2D eigenvalue weighted by atomic mass is 19.4. The van der Waals surface area contributed by atoms with Crippen molar-refractivity contribution in [3.63, 3.8) is 0 Å². The molecule has 2 nitrogen and oxygen atoms in total. The lowest BCUT2D eigenvalue weighted by molar-refractivity contribution is -0.157. The van der Waals surface area contributed by atoms with Gasteiger partial charge in [0.25, 0.3) is 0 Å². The van der Waals surface area contributed by atoms with E-state index in [1.807, 2.05) is 0 Å². The Bertz CT molecular complexity index is 296. The average molecular weight is 278 g/mol. The Kier molecular flexibility index (Phi) is 4.45. The highest BCUT2D eigenvalue weighted by Gasteiger charge is 2.44. The van der Waals surface area contributed by atoms with Crippen LogP contribution in [0.2, 0.25) is 0 Å². The Hall–Kier alpha value is -0.290. The molecule has 0 radical (unpaired) electrons. The van der Waals surface area contributed by atoms with Gasteiger partial charge in [0.2, 0.25) is 0 Å².